The Kier molecular flexibility index (Phi) is 4.26. The lowest BCUT2D eigenvalue weighted by atomic mass is 10.1. The molecule has 2 aliphatic heterocycles. The number of hydrogen-bond donors (Lipinski definition) is 1. The summed E-state index contributed by atoms with van der Waals surface area (Å²) in [5.41, 5.74) is 3.02. The minimum atomic E-state index is 0.112. The molecular weight excluding hydrogens is 266 g/mol. The van der Waals surface area contributed by atoms with Crippen LogP contribution >= 0.6 is 0 Å². The third-order valence-corrected chi connectivity index (χ3v) is 4.53. The van der Waals surface area contributed by atoms with Gasteiger partial charge in [0.15, 0.2) is 5.69 Å². The van der Waals surface area contributed by atoms with Gasteiger partial charge in [-0.25, -0.2) is 0 Å². The van der Waals surface area contributed by atoms with Gasteiger partial charge in [-0.1, -0.05) is 6.92 Å². The molecular formula is C15H25N5O. The van der Waals surface area contributed by atoms with Crippen molar-refractivity contribution in [2.24, 2.45) is 0 Å². The summed E-state index contributed by atoms with van der Waals surface area (Å²) in [5, 5.41) is 8.07. The second kappa shape index (κ2) is 6.15. The van der Waals surface area contributed by atoms with Gasteiger partial charge in [0.2, 0.25) is 0 Å². The largest absolute Gasteiger partial charge is 0.335 e. The highest BCUT2D eigenvalue weighted by Crippen LogP contribution is 2.20. The lowest BCUT2D eigenvalue weighted by Crippen LogP contribution is -2.47. The maximum Gasteiger partial charge on any atom is 0.274 e. The fraction of sp³-hybridized carbons (Fsp3) is 0.733. The van der Waals surface area contributed by atoms with E-state index in [2.05, 4.69) is 29.3 Å². The maximum absolute atomic E-state index is 12.8. The molecule has 0 bridgehead atoms. The molecule has 1 saturated heterocycles. The zero-order chi connectivity index (χ0) is 14.8. The zero-order valence-electron chi connectivity index (χ0n) is 13.1. The summed E-state index contributed by atoms with van der Waals surface area (Å²) in [4.78, 5) is 17.0. The van der Waals surface area contributed by atoms with Crippen LogP contribution < -0.4 is 5.32 Å². The number of aryl methyl sites for hydroxylation is 1. The minimum absolute atomic E-state index is 0.112. The van der Waals surface area contributed by atoms with E-state index < -0.39 is 0 Å². The molecule has 1 aromatic heterocycles. The van der Waals surface area contributed by atoms with Gasteiger partial charge in [0.1, 0.15) is 0 Å². The first-order valence-corrected chi connectivity index (χ1v) is 7.97. The molecule has 0 aliphatic carbocycles. The Balaban J connectivity index is 1.86. The van der Waals surface area contributed by atoms with E-state index in [0.29, 0.717) is 5.69 Å². The predicted molar refractivity (Wildman–Crippen MR) is 81.3 cm³/mol. The smallest absolute Gasteiger partial charge is 0.274 e. The standard InChI is InChI=1S/C15H25N5O/c1-3-12-13-11-16-5-4-6-20(13)17-14(12)15(21)19-9-7-18(2)8-10-19/h16H,3-11H2,1-2H3. The average Bonchev–Trinajstić information content (AvgIpc) is 2.68. The van der Waals surface area contributed by atoms with Gasteiger partial charge in [0.05, 0.1) is 5.69 Å². The summed E-state index contributed by atoms with van der Waals surface area (Å²) in [6.07, 6.45) is 1.94. The van der Waals surface area contributed by atoms with Gasteiger partial charge in [-0.05, 0) is 26.4 Å². The highest BCUT2D eigenvalue weighted by molar-refractivity contribution is 5.94. The SMILES string of the molecule is CCc1c(C(=O)N2CCN(C)CC2)nn2c1CNCCC2. The van der Waals surface area contributed by atoms with E-state index >= 15 is 0 Å². The van der Waals surface area contributed by atoms with Crippen molar-refractivity contribution in [3.05, 3.63) is 17.0 Å². The van der Waals surface area contributed by atoms with Crippen molar-refractivity contribution >= 4 is 5.91 Å². The first-order valence-electron chi connectivity index (χ1n) is 7.97. The van der Waals surface area contributed by atoms with Crippen LogP contribution in [0.2, 0.25) is 0 Å². The number of fused-ring (bicyclic) bond motifs is 1. The Labute approximate surface area is 126 Å². The van der Waals surface area contributed by atoms with Crippen LogP contribution in [0.25, 0.3) is 0 Å². The minimum Gasteiger partial charge on any atom is -0.335 e. The molecule has 1 amide bonds. The number of hydrogen-bond acceptors (Lipinski definition) is 4. The third-order valence-electron chi connectivity index (χ3n) is 4.53. The molecule has 2 aliphatic rings. The van der Waals surface area contributed by atoms with Gasteiger partial charge in [0, 0.05) is 44.8 Å². The summed E-state index contributed by atoms with van der Waals surface area (Å²) in [6, 6.07) is 0. The number of carbonyl (C=O) groups excluding carboxylic acids is 1. The molecule has 0 saturated carbocycles. The number of piperazine rings is 1. The number of rotatable bonds is 2. The summed E-state index contributed by atoms with van der Waals surface area (Å²) < 4.78 is 2.04. The van der Waals surface area contributed by atoms with Gasteiger partial charge in [0.25, 0.3) is 5.91 Å². The summed E-state index contributed by atoms with van der Waals surface area (Å²) in [7, 11) is 2.10. The Morgan fingerprint density at radius 1 is 1.24 bits per heavy atom. The maximum atomic E-state index is 12.8. The van der Waals surface area contributed by atoms with Gasteiger partial charge in [-0.15, -0.1) is 0 Å². The van der Waals surface area contributed by atoms with Crippen molar-refractivity contribution in [3.8, 4) is 0 Å². The third kappa shape index (κ3) is 2.82. The van der Waals surface area contributed by atoms with E-state index in [4.69, 9.17) is 0 Å². The van der Waals surface area contributed by atoms with Crippen molar-refractivity contribution in [2.45, 2.75) is 32.9 Å². The van der Waals surface area contributed by atoms with Gasteiger partial charge >= 0.3 is 0 Å². The van der Waals surface area contributed by atoms with Crippen LogP contribution in [0.3, 0.4) is 0 Å². The van der Waals surface area contributed by atoms with Crippen molar-refractivity contribution < 1.29 is 4.79 Å². The van der Waals surface area contributed by atoms with Crippen LogP contribution in [0, 0.1) is 0 Å². The average molecular weight is 291 g/mol. The Hall–Kier alpha value is -1.40. The number of carbonyl (C=O) groups is 1. The van der Waals surface area contributed by atoms with Crippen LogP contribution in [0.4, 0.5) is 0 Å². The number of amides is 1. The number of aromatic nitrogens is 2. The Morgan fingerprint density at radius 2 is 2.00 bits per heavy atom. The normalized spacial score (nSPS) is 20.2. The first-order chi connectivity index (χ1) is 10.2. The molecule has 21 heavy (non-hydrogen) atoms. The van der Waals surface area contributed by atoms with Crippen LogP contribution in [0.5, 0.6) is 0 Å². The fourth-order valence-corrected chi connectivity index (χ4v) is 3.18. The van der Waals surface area contributed by atoms with E-state index in [1.54, 1.807) is 0 Å². The summed E-state index contributed by atoms with van der Waals surface area (Å²) in [5.74, 6) is 0.112. The molecule has 0 unspecified atom stereocenters. The van der Waals surface area contributed by atoms with Crippen molar-refractivity contribution in [2.75, 3.05) is 39.8 Å². The van der Waals surface area contributed by atoms with Crippen LogP contribution in [-0.4, -0.2) is 65.3 Å². The molecule has 0 atom stereocenters. The topological polar surface area (TPSA) is 53.4 Å². The second-order valence-electron chi connectivity index (χ2n) is 5.98. The van der Waals surface area contributed by atoms with Gasteiger partial charge in [-0.3, -0.25) is 9.48 Å². The van der Waals surface area contributed by atoms with E-state index in [0.717, 1.165) is 64.2 Å². The van der Waals surface area contributed by atoms with Crippen molar-refractivity contribution in [3.63, 3.8) is 0 Å². The molecule has 1 fully saturated rings. The van der Waals surface area contributed by atoms with Gasteiger partial charge in [-0.2, -0.15) is 5.10 Å². The fourth-order valence-electron chi connectivity index (χ4n) is 3.18. The molecule has 0 radical (unpaired) electrons. The second-order valence-corrected chi connectivity index (χ2v) is 5.98. The summed E-state index contributed by atoms with van der Waals surface area (Å²) in [6.45, 7) is 8.37. The lowest BCUT2D eigenvalue weighted by molar-refractivity contribution is 0.0656. The molecule has 116 valence electrons. The highest BCUT2D eigenvalue weighted by Gasteiger charge is 2.27. The first kappa shape index (κ1) is 14.5. The number of nitrogens with one attached hydrogen (secondary N) is 1. The number of nitrogens with zero attached hydrogens (tertiary/aromatic N) is 4. The summed E-state index contributed by atoms with van der Waals surface area (Å²) >= 11 is 0. The molecule has 6 nitrogen and oxygen atoms in total. The molecule has 1 N–H and O–H groups in total. The van der Waals surface area contributed by atoms with Crippen molar-refractivity contribution in [1.82, 2.24) is 24.9 Å². The monoisotopic (exact) mass is 291 g/mol. The molecule has 3 heterocycles. The molecule has 0 spiro atoms. The highest BCUT2D eigenvalue weighted by atomic mass is 16.2. The van der Waals surface area contributed by atoms with E-state index in [1.165, 1.54) is 5.69 Å². The molecule has 0 aromatic carbocycles. The number of likely N-dealkylation sites (N-methyl/N-ethyl adjacent to an activating group) is 1. The van der Waals surface area contributed by atoms with Crippen LogP contribution in [0.15, 0.2) is 0 Å². The van der Waals surface area contributed by atoms with E-state index in [9.17, 15) is 4.79 Å². The molecule has 1 aromatic rings. The molecule has 3 rings (SSSR count). The Morgan fingerprint density at radius 3 is 2.71 bits per heavy atom. The Bertz CT molecular complexity index is 516. The quantitative estimate of drug-likeness (QED) is 0.853. The lowest BCUT2D eigenvalue weighted by Gasteiger charge is -2.32. The predicted octanol–water partition coefficient (Wildman–Crippen LogP) is 0.326. The zero-order valence-corrected chi connectivity index (χ0v) is 13.1. The van der Waals surface area contributed by atoms with Crippen LogP contribution in [0.1, 0.15) is 35.1 Å². The molecule has 6 heteroatoms. The van der Waals surface area contributed by atoms with E-state index in [1.807, 2.05) is 9.58 Å². The van der Waals surface area contributed by atoms with Crippen molar-refractivity contribution in [1.29, 1.82) is 0 Å². The van der Waals surface area contributed by atoms with Gasteiger partial charge < -0.3 is 15.1 Å². The van der Waals surface area contributed by atoms with Crippen LogP contribution in [-0.2, 0) is 19.5 Å². The van der Waals surface area contributed by atoms with E-state index in [-0.39, 0.29) is 5.91 Å².